The van der Waals surface area contributed by atoms with Gasteiger partial charge in [-0.2, -0.15) is 0 Å². The van der Waals surface area contributed by atoms with E-state index in [1.807, 2.05) is 6.08 Å². The monoisotopic (exact) mass is 154 g/mol. The Labute approximate surface area is 69.3 Å². The minimum Gasteiger partial charge on any atom is -0.316 e. The zero-order valence-electron chi connectivity index (χ0n) is 7.34. The molecular weight excluding hydrogens is 136 g/mol. The van der Waals surface area contributed by atoms with E-state index in [0.29, 0.717) is 0 Å². The molecule has 0 saturated carbocycles. The lowest BCUT2D eigenvalue weighted by atomic mass is 9.99. The van der Waals surface area contributed by atoms with E-state index in [1.165, 1.54) is 26.1 Å². The van der Waals surface area contributed by atoms with Crippen LogP contribution < -0.4 is 5.32 Å². The third kappa shape index (κ3) is 3.04. The number of nitrogens with one attached hydrogen (secondary N) is 1. The maximum Gasteiger partial charge on any atom is 0.0157 e. The van der Waals surface area contributed by atoms with Crippen molar-refractivity contribution in [2.24, 2.45) is 5.92 Å². The lowest BCUT2D eigenvalue weighted by molar-refractivity contribution is 0.269. The smallest absolute Gasteiger partial charge is 0.0157 e. The Bertz CT molecular complexity index is 119. The van der Waals surface area contributed by atoms with E-state index in [0.717, 1.165) is 12.5 Å². The Hall–Kier alpha value is -0.340. The van der Waals surface area contributed by atoms with Crippen molar-refractivity contribution >= 4 is 0 Å². The van der Waals surface area contributed by atoms with E-state index < -0.39 is 0 Å². The highest BCUT2D eigenvalue weighted by atomic mass is 15.1. The fourth-order valence-corrected chi connectivity index (χ4v) is 1.27. The molecule has 0 aliphatic carbocycles. The maximum absolute atomic E-state index is 3.71. The molecule has 2 heteroatoms. The van der Waals surface area contributed by atoms with Crippen LogP contribution in [0.2, 0.25) is 0 Å². The molecule has 0 aromatic heterocycles. The molecule has 1 saturated heterocycles. The van der Waals surface area contributed by atoms with Crippen molar-refractivity contribution in [1.82, 2.24) is 10.2 Å². The van der Waals surface area contributed by atoms with Crippen molar-refractivity contribution in [2.45, 2.75) is 6.42 Å². The van der Waals surface area contributed by atoms with Gasteiger partial charge in [-0.3, -0.25) is 0 Å². The first-order valence-electron chi connectivity index (χ1n) is 4.33. The van der Waals surface area contributed by atoms with Gasteiger partial charge in [0.2, 0.25) is 0 Å². The fourth-order valence-electron chi connectivity index (χ4n) is 1.27. The van der Waals surface area contributed by atoms with Gasteiger partial charge in [0.05, 0.1) is 0 Å². The molecule has 1 fully saturated rings. The highest BCUT2D eigenvalue weighted by molar-refractivity contribution is 4.77. The normalized spacial score (nSPS) is 18.4. The second kappa shape index (κ2) is 4.52. The van der Waals surface area contributed by atoms with Gasteiger partial charge in [0.25, 0.3) is 0 Å². The summed E-state index contributed by atoms with van der Waals surface area (Å²) in [6.45, 7) is 8.38. The minimum absolute atomic E-state index is 0.933. The van der Waals surface area contributed by atoms with Crippen LogP contribution in [0.4, 0.5) is 0 Å². The number of hydrogen-bond acceptors (Lipinski definition) is 2. The van der Waals surface area contributed by atoms with Gasteiger partial charge >= 0.3 is 0 Å². The molecule has 0 spiro atoms. The summed E-state index contributed by atoms with van der Waals surface area (Å²) in [5.74, 6) is 0.933. The first-order chi connectivity index (χ1) is 5.33. The Kier molecular flexibility index (Phi) is 3.60. The standard InChI is InChI=1S/C9H18N2/c1-3-5-11(2)6-4-9-7-10-8-9/h3,9-10H,1,4-8H2,2H3. The van der Waals surface area contributed by atoms with Gasteiger partial charge in [0.15, 0.2) is 0 Å². The summed E-state index contributed by atoms with van der Waals surface area (Å²) < 4.78 is 0. The molecular formula is C9H18N2. The fraction of sp³-hybridized carbons (Fsp3) is 0.778. The molecule has 1 aliphatic rings. The minimum atomic E-state index is 0.933. The molecule has 1 aliphatic heterocycles. The molecule has 0 unspecified atom stereocenters. The van der Waals surface area contributed by atoms with Gasteiger partial charge in [-0.25, -0.2) is 0 Å². The van der Waals surface area contributed by atoms with Crippen LogP contribution in [0.15, 0.2) is 12.7 Å². The molecule has 1 N–H and O–H groups in total. The lowest BCUT2D eigenvalue weighted by Crippen LogP contribution is -2.43. The Morgan fingerprint density at radius 1 is 1.64 bits per heavy atom. The third-order valence-corrected chi connectivity index (χ3v) is 2.23. The lowest BCUT2D eigenvalue weighted by Gasteiger charge is -2.28. The quantitative estimate of drug-likeness (QED) is 0.587. The Morgan fingerprint density at radius 2 is 2.36 bits per heavy atom. The zero-order chi connectivity index (χ0) is 8.10. The van der Waals surface area contributed by atoms with Crippen LogP contribution in [0.25, 0.3) is 0 Å². The van der Waals surface area contributed by atoms with E-state index in [2.05, 4.69) is 23.8 Å². The molecule has 0 radical (unpaired) electrons. The number of rotatable bonds is 5. The van der Waals surface area contributed by atoms with Gasteiger partial charge in [-0.05, 0) is 39.0 Å². The van der Waals surface area contributed by atoms with Crippen molar-refractivity contribution in [3.05, 3.63) is 12.7 Å². The Balaban J connectivity index is 1.96. The average Bonchev–Trinajstić information content (AvgIpc) is 1.85. The molecule has 64 valence electrons. The number of likely N-dealkylation sites (N-methyl/N-ethyl adjacent to an activating group) is 1. The summed E-state index contributed by atoms with van der Waals surface area (Å²) in [5.41, 5.74) is 0. The maximum atomic E-state index is 3.71. The predicted octanol–water partition coefficient (Wildman–Crippen LogP) is 0.714. The van der Waals surface area contributed by atoms with Crippen LogP contribution in [-0.2, 0) is 0 Å². The van der Waals surface area contributed by atoms with Crippen molar-refractivity contribution in [3.8, 4) is 0 Å². The second-order valence-electron chi connectivity index (χ2n) is 3.36. The van der Waals surface area contributed by atoms with Crippen LogP contribution in [0.1, 0.15) is 6.42 Å². The van der Waals surface area contributed by atoms with Gasteiger partial charge in [0.1, 0.15) is 0 Å². The van der Waals surface area contributed by atoms with Gasteiger partial charge in [0, 0.05) is 6.54 Å². The summed E-state index contributed by atoms with van der Waals surface area (Å²) in [7, 11) is 2.15. The number of nitrogens with zero attached hydrogens (tertiary/aromatic N) is 1. The van der Waals surface area contributed by atoms with E-state index in [1.54, 1.807) is 0 Å². The molecule has 0 atom stereocenters. The molecule has 1 rings (SSSR count). The first kappa shape index (κ1) is 8.75. The van der Waals surface area contributed by atoms with Crippen molar-refractivity contribution in [2.75, 3.05) is 33.2 Å². The molecule has 0 aromatic carbocycles. The summed E-state index contributed by atoms with van der Waals surface area (Å²) in [5, 5.41) is 3.28. The zero-order valence-corrected chi connectivity index (χ0v) is 7.34. The van der Waals surface area contributed by atoms with Crippen molar-refractivity contribution in [3.63, 3.8) is 0 Å². The van der Waals surface area contributed by atoms with Crippen LogP contribution in [0.5, 0.6) is 0 Å². The largest absolute Gasteiger partial charge is 0.316 e. The molecule has 0 aromatic rings. The summed E-state index contributed by atoms with van der Waals surface area (Å²) in [6.07, 6.45) is 3.29. The van der Waals surface area contributed by atoms with Gasteiger partial charge < -0.3 is 10.2 Å². The van der Waals surface area contributed by atoms with Gasteiger partial charge in [-0.15, -0.1) is 6.58 Å². The Morgan fingerprint density at radius 3 is 2.82 bits per heavy atom. The van der Waals surface area contributed by atoms with Crippen molar-refractivity contribution < 1.29 is 0 Å². The average molecular weight is 154 g/mol. The third-order valence-electron chi connectivity index (χ3n) is 2.23. The molecule has 0 amide bonds. The van der Waals surface area contributed by atoms with Crippen LogP contribution >= 0.6 is 0 Å². The highest BCUT2D eigenvalue weighted by Gasteiger charge is 2.16. The molecule has 2 nitrogen and oxygen atoms in total. The number of hydrogen-bond donors (Lipinski definition) is 1. The van der Waals surface area contributed by atoms with Crippen LogP contribution in [-0.4, -0.2) is 38.1 Å². The van der Waals surface area contributed by atoms with E-state index in [4.69, 9.17) is 0 Å². The molecule has 0 bridgehead atoms. The van der Waals surface area contributed by atoms with Crippen molar-refractivity contribution in [1.29, 1.82) is 0 Å². The van der Waals surface area contributed by atoms with E-state index in [-0.39, 0.29) is 0 Å². The highest BCUT2D eigenvalue weighted by Crippen LogP contribution is 2.08. The second-order valence-corrected chi connectivity index (χ2v) is 3.36. The molecule has 1 heterocycles. The van der Waals surface area contributed by atoms with E-state index in [9.17, 15) is 0 Å². The SMILES string of the molecule is C=CCN(C)CCC1CNC1. The first-order valence-corrected chi connectivity index (χ1v) is 4.33. The van der Waals surface area contributed by atoms with Crippen LogP contribution in [0, 0.1) is 5.92 Å². The molecule has 11 heavy (non-hydrogen) atoms. The summed E-state index contributed by atoms with van der Waals surface area (Å²) in [4.78, 5) is 2.31. The summed E-state index contributed by atoms with van der Waals surface area (Å²) >= 11 is 0. The topological polar surface area (TPSA) is 15.3 Å². The predicted molar refractivity (Wildman–Crippen MR) is 48.7 cm³/mol. The van der Waals surface area contributed by atoms with E-state index >= 15 is 0 Å². The van der Waals surface area contributed by atoms with Gasteiger partial charge in [-0.1, -0.05) is 6.08 Å². The van der Waals surface area contributed by atoms with Crippen LogP contribution in [0.3, 0.4) is 0 Å². The summed E-state index contributed by atoms with van der Waals surface area (Å²) in [6, 6.07) is 0.